The summed E-state index contributed by atoms with van der Waals surface area (Å²) in [6.45, 7) is 2.23. The monoisotopic (exact) mass is 251 g/mol. The van der Waals surface area contributed by atoms with Crippen LogP contribution in [0.15, 0.2) is 0 Å². The summed E-state index contributed by atoms with van der Waals surface area (Å²) in [6.07, 6.45) is 6.91. The van der Waals surface area contributed by atoms with Crippen LogP contribution in [0.4, 0.5) is 0 Å². The Morgan fingerprint density at radius 2 is 1.94 bits per heavy atom. The van der Waals surface area contributed by atoms with Crippen molar-refractivity contribution in [1.29, 1.82) is 0 Å². The molecular weight excluding hydrogens is 226 g/mol. The molecule has 18 heavy (non-hydrogen) atoms. The molecule has 4 aliphatic rings. The molecule has 0 aromatic carbocycles. The van der Waals surface area contributed by atoms with E-state index < -0.39 is 5.60 Å². The van der Waals surface area contributed by atoms with E-state index in [4.69, 9.17) is 0 Å². The Balaban J connectivity index is 2.01. The number of carbonyl (C=O) groups is 1. The molecule has 0 saturated heterocycles. The molecule has 0 spiro atoms. The summed E-state index contributed by atoms with van der Waals surface area (Å²) in [5, 5.41) is 10.8. The number of rotatable bonds is 2. The SMILES string of the molecule is CCC12CC3CC(O)(C1)CC(C(=O)N(C)C)(C3)C2. The van der Waals surface area contributed by atoms with Gasteiger partial charge in [-0.3, -0.25) is 4.79 Å². The minimum Gasteiger partial charge on any atom is -0.390 e. The maximum atomic E-state index is 12.6. The lowest BCUT2D eigenvalue weighted by atomic mass is 9.42. The van der Waals surface area contributed by atoms with Gasteiger partial charge in [0.2, 0.25) is 5.91 Å². The molecule has 102 valence electrons. The molecule has 4 aliphatic carbocycles. The number of hydrogen-bond donors (Lipinski definition) is 1. The second-order valence-electron chi connectivity index (χ2n) is 7.57. The zero-order valence-electron chi connectivity index (χ0n) is 11.8. The summed E-state index contributed by atoms with van der Waals surface area (Å²) >= 11 is 0. The van der Waals surface area contributed by atoms with E-state index in [0.29, 0.717) is 12.3 Å². The van der Waals surface area contributed by atoms with Gasteiger partial charge in [0, 0.05) is 14.1 Å². The minimum absolute atomic E-state index is 0.236. The van der Waals surface area contributed by atoms with Crippen LogP contribution < -0.4 is 0 Å². The van der Waals surface area contributed by atoms with E-state index in [-0.39, 0.29) is 16.7 Å². The van der Waals surface area contributed by atoms with Crippen LogP contribution in [0.5, 0.6) is 0 Å². The highest BCUT2D eigenvalue weighted by atomic mass is 16.3. The normalized spacial score (nSPS) is 49.4. The van der Waals surface area contributed by atoms with Crippen LogP contribution in [0.3, 0.4) is 0 Å². The zero-order chi connectivity index (χ0) is 13.2. The van der Waals surface area contributed by atoms with E-state index in [1.807, 2.05) is 14.1 Å². The van der Waals surface area contributed by atoms with Crippen LogP contribution in [0.2, 0.25) is 0 Å². The van der Waals surface area contributed by atoms with Crippen LogP contribution >= 0.6 is 0 Å². The molecule has 0 aromatic rings. The minimum atomic E-state index is -0.554. The Labute approximate surface area is 110 Å². The molecule has 0 aliphatic heterocycles. The Hall–Kier alpha value is -0.570. The molecule has 3 heteroatoms. The van der Waals surface area contributed by atoms with E-state index >= 15 is 0 Å². The molecule has 4 fully saturated rings. The first-order chi connectivity index (χ1) is 8.32. The Kier molecular flexibility index (Phi) is 2.42. The fourth-order valence-electron chi connectivity index (χ4n) is 5.69. The summed E-state index contributed by atoms with van der Waals surface area (Å²) in [5.74, 6) is 0.818. The van der Waals surface area contributed by atoms with Crippen LogP contribution in [-0.4, -0.2) is 35.6 Å². The van der Waals surface area contributed by atoms with Gasteiger partial charge in [-0.05, 0) is 49.9 Å². The predicted octanol–water partition coefficient (Wildman–Crippen LogP) is 2.19. The van der Waals surface area contributed by atoms with Crippen molar-refractivity contribution in [2.75, 3.05) is 14.1 Å². The fourth-order valence-corrected chi connectivity index (χ4v) is 5.69. The maximum Gasteiger partial charge on any atom is 0.228 e. The van der Waals surface area contributed by atoms with Gasteiger partial charge < -0.3 is 10.0 Å². The Morgan fingerprint density at radius 3 is 2.50 bits per heavy atom. The van der Waals surface area contributed by atoms with Gasteiger partial charge in [0.25, 0.3) is 0 Å². The van der Waals surface area contributed by atoms with Crippen LogP contribution in [-0.2, 0) is 4.79 Å². The van der Waals surface area contributed by atoms with Gasteiger partial charge in [0.1, 0.15) is 0 Å². The summed E-state index contributed by atoms with van der Waals surface area (Å²) in [4.78, 5) is 14.3. The fraction of sp³-hybridized carbons (Fsp3) is 0.933. The van der Waals surface area contributed by atoms with E-state index in [2.05, 4.69) is 6.92 Å². The van der Waals surface area contributed by atoms with Crippen molar-refractivity contribution >= 4 is 5.91 Å². The van der Waals surface area contributed by atoms with Crippen LogP contribution in [0.25, 0.3) is 0 Å². The van der Waals surface area contributed by atoms with E-state index in [0.717, 1.165) is 32.1 Å². The van der Waals surface area contributed by atoms with Gasteiger partial charge in [-0.2, -0.15) is 0 Å². The smallest absolute Gasteiger partial charge is 0.228 e. The van der Waals surface area contributed by atoms with E-state index in [1.54, 1.807) is 4.90 Å². The first-order valence-electron chi connectivity index (χ1n) is 7.26. The van der Waals surface area contributed by atoms with Gasteiger partial charge in [-0.15, -0.1) is 0 Å². The van der Waals surface area contributed by atoms with Crippen LogP contribution in [0.1, 0.15) is 51.9 Å². The third-order valence-electron chi connectivity index (χ3n) is 5.76. The predicted molar refractivity (Wildman–Crippen MR) is 70.0 cm³/mol. The number of aliphatic hydroxyl groups is 1. The van der Waals surface area contributed by atoms with Gasteiger partial charge in [0.15, 0.2) is 0 Å². The second-order valence-corrected chi connectivity index (χ2v) is 7.57. The molecule has 4 saturated carbocycles. The number of nitrogens with zero attached hydrogens (tertiary/aromatic N) is 1. The molecule has 1 amide bonds. The molecule has 4 bridgehead atoms. The molecule has 4 rings (SSSR count). The van der Waals surface area contributed by atoms with Gasteiger partial charge >= 0.3 is 0 Å². The number of amides is 1. The van der Waals surface area contributed by atoms with Crippen molar-refractivity contribution in [3.05, 3.63) is 0 Å². The second kappa shape index (κ2) is 3.50. The Morgan fingerprint density at radius 1 is 1.22 bits per heavy atom. The first-order valence-corrected chi connectivity index (χ1v) is 7.26. The highest BCUT2D eigenvalue weighted by molar-refractivity contribution is 5.83. The highest BCUT2D eigenvalue weighted by Crippen LogP contribution is 2.67. The summed E-state index contributed by atoms with van der Waals surface area (Å²) in [5.41, 5.74) is -0.575. The molecule has 3 nitrogen and oxygen atoms in total. The van der Waals surface area contributed by atoms with Gasteiger partial charge in [0.05, 0.1) is 11.0 Å². The lowest BCUT2D eigenvalue weighted by Crippen LogP contribution is -2.63. The van der Waals surface area contributed by atoms with Crippen molar-refractivity contribution in [3.63, 3.8) is 0 Å². The van der Waals surface area contributed by atoms with Crippen LogP contribution in [0, 0.1) is 16.7 Å². The molecule has 4 unspecified atom stereocenters. The molecule has 0 aromatic heterocycles. The lowest BCUT2D eigenvalue weighted by Gasteiger charge is -2.64. The lowest BCUT2D eigenvalue weighted by molar-refractivity contribution is -0.208. The van der Waals surface area contributed by atoms with Gasteiger partial charge in [-0.25, -0.2) is 0 Å². The third kappa shape index (κ3) is 1.56. The molecular formula is C15H25NO2. The average molecular weight is 251 g/mol. The summed E-state index contributed by atoms with van der Waals surface area (Å²) < 4.78 is 0. The first kappa shape index (κ1) is 12.5. The number of carbonyl (C=O) groups excluding carboxylic acids is 1. The van der Waals surface area contributed by atoms with Crippen molar-refractivity contribution in [3.8, 4) is 0 Å². The van der Waals surface area contributed by atoms with Crippen molar-refractivity contribution < 1.29 is 9.90 Å². The van der Waals surface area contributed by atoms with Crippen molar-refractivity contribution in [2.45, 2.75) is 57.5 Å². The van der Waals surface area contributed by atoms with E-state index in [1.165, 1.54) is 6.42 Å². The average Bonchev–Trinajstić information content (AvgIpc) is 2.24. The molecule has 1 N–H and O–H groups in total. The van der Waals surface area contributed by atoms with E-state index in [9.17, 15) is 9.90 Å². The standard InChI is InChI=1S/C15H25NO2/c1-4-13-5-11-6-14(8-13,12(17)16(2)3)10-15(18,7-11)9-13/h11,18H,4-10H2,1-3H3. The van der Waals surface area contributed by atoms with Gasteiger partial charge in [-0.1, -0.05) is 13.3 Å². The third-order valence-corrected chi connectivity index (χ3v) is 5.76. The maximum absolute atomic E-state index is 12.6. The molecule has 4 atom stereocenters. The van der Waals surface area contributed by atoms with Crippen molar-refractivity contribution in [2.24, 2.45) is 16.7 Å². The summed E-state index contributed by atoms with van der Waals surface area (Å²) in [7, 11) is 3.70. The topological polar surface area (TPSA) is 40.5 Å². The zero-order valence-corrected chi connectivity index (χ0v) is 11.8. The highest BCUT2D eigenvalue weighted by Gasteiger charge is 2.64. The Bertz CT molecular complexity index is 394. The summed E-state index contributed by atoms with van der Waals surface area (Å²) in [6, 6.07) is 0. The largest absolute Gasteiger partial charge is 0.390 e. The molecule has 0 radical (unpaired) electrons. The van der Waals surface area contributed by atoms with Crippen molar-refractivity contribution in [1.82, 2.24) is 4.90 Å². The molecule has 0 heterocycles. The number of hydrogen-bond acceptors (Lipinski definition) is 2. The quantitative estimate of drug-likeness (QED) is 0.817.